The highest BCUT2D eigenvalue weighted by molar-refractivity contribution is 5.39. The molecule has 3 rings (SSSR count). The van der Waals surface area contributed by atoms with Gasteiger partial charge >= 0.3 is 0 Å². The largest absolute Gasteiger partial charge is 0.337 e. The molecule has 3 aromatic rings. The zero-order valence-corrected chi connectivity index (χ0v) is 10.2. The second-order valence-electron chi connectivity index (χ2n) is 4.26. The van der Waals surface area contributed by atoms with Crippen molar-refractivity contribution in [2.45, 2.75) is 13.1 Å². The molecule has 0 unspecified atom stereocenters. The lowest BCUT2D eigenvalue weighted by Crippen LogP contribution is -2.15. The van der Waals surface area contributed by atoms with Crippen molar-refractivity contribution >= 4 is 5.65 Å². The SMILES string of the molecule is Cn1ccnc1CNCc1cn2ccccc2n1. The molecule has 18 heavy (non-hydrogen) atoms. The number of aryl methyl sites for hydroxylation is 1. The molecule has 0 amide bonds. The predicted molar refractivity (Wildman–Crippen MR) is 68.9 cm³/mol. The van der Waals surface area contributed by atoms with Crippen molar-refractivity contribution < 1.29 is 0 Å². The molecule has 0 saturated carbocycles. The van der Waals surface area contributed by atoms with Crippen molar-refractivity contribution in [1.82, 2.24) is 24.3 Å². The highest BCUT2D eigenvalue weighted by atomic mass is 15.1. The molecule has 92 valence electrons. The predicted octanol–water partition coefficient (Wildman–Crippen LogP) is 1.36. The van der Waals surface area contributed by atoms with Gasteiger partial charge in [-0.05, 0) is 12.1 Å². The second-order valence-corrected chi connectivity index (χ2v) is 4.26. The van der Waals surface area contributed by atoms with Crippen LogP contribution >= 0.6 is 0 Å². The number of aromatic nitrogens is 4. The first-order valence-electron chi connectivity index (χ1n) is 5.92. The van der Waals surface area contributed by atoms with Gasteiger partial charge < -0.3 is 14.3 Å². The number of nitrogens with zero attached hydrogens (tertiary/aromatic N) is 4. The van der Waals surface area contributed by atoms with E-state index in [4.69, 9.17) is 0 Å². The summed E-state index contributed by atoms with van der Waals surface area (Å²) in [6.45, 7) is 1.49. The minimum atomic E-state index is 0.745. The normalized spacial score (nSPS) is 11.2. The summed E-state index contributed by atoms with van der Waals surface area (Å²) >= 11 is 0. The molecule has 5 nitrogen and oxygen atoms in total. The van der Waals surface area contributed by atoms with Gasteiger partial charge in [-0.15, -0.1) is 0 Å². The maximum absolute atomic E-state index is 4.53. The average Bonchev–Trinajstić information content (AvgIpc) is 2.96. The highest BCUT2D eigenvalue weighted by Crippen LogP contribution is 2.04. The number of fused-ring (bicyclic) bond motifs is 1. The lowest BCUT2D eigenvalue weighted by Gasteiger charge is -2.02. The molecule has 0 aromatic carbocycles. The van der Waals surface area contributed by atoms with E-state index in [1.807, 2.05) is 59.0 Å². The summed E-state index contributed by atoms with van der Waals surface area (Å²) < 4.78 is 4.04. The molecule has 0 fully saturated rings. The number of rotatable bonds is 4. The second kappa shape index (κ2) is 4.62. The minimum absolute atomic E-state index is 0.745. The van der Waals surface area contributed by atoms with E-state index in [-0.39, 0.29) is 0 Å². The maximum atomic E-state index is 4.53. The average molecular weight is 241 g/mol. The standard InChI is InChI=1S/C13H15N5/c1-17-7-5-15-13(17)9-14-8-11-10-18-6-3-2-4-12(18)16-11/h2-7,10,14H,8-9H2,1H3. The van der Waals surface area contributed by atoms with Crippen LogP contribution < -0.4 is 5.32 Å². The van der Waals surface area contributed by atoms with Gasteiger partial charge in [-0.1, -0.05) is 6.07 Å². The summed E-state index contributed by atoms with van der Waals surface area (Å²) in [5.74, 6) is 1.03. The molecule has 5 heteroatoms. The lowest BCUT2D eigenvalue weighted by molar-refractivity contribution is 0.632. The first-order valence-corrected chi connectivity index (χ1v) is 5.92. The van der Waals surface area contributed by atoms with Gasteiger partial charge in [-0.25, -0.2) is 9.97 Å². The third kappa shape index (κ3) is 2.12. The molecule has 1 N–H and O–H groups in total. The summed E-state index contributed by atoms with van der Waals surface area (Å²) in [7, 11) is 1.99. The van der Waals surface area contributed by atoms with Gasteiger partial charge in [0, 0.05) is 38.4 Å². The van der Waals surface area contributed by atoms with Gasteiger partial charge in [0.1, 0.15) is 11.5 Å². The number of imidazole rings is 2. The number of hydrogen-bond acceptors (Lipinski definition) is 3. The van der Waals surface area contributed by atoms with Crippen LogP contribution in [0.4, 0.5) is 0 Å². The third-order valence-corrected chi connectivity index (χ3v) is 2.92. The van der Waals surface area contributed by atoms with Crippen molar-refractivity contribution in [2.75, 3.05) is 0 Å². The van der Waals surface area contributed by atoms with Crippen LogP contribution in [0.3, 0.4) is 0 Å². The van der Waals surface area contributed by atoms with Gasteiger partial charge in [0.25, 0.3) is 0 Å². The van der Waals surface area contributed by atoms with Gasteiger partial charge in [0.2, 0.25) is 0 Å². The van der Waals surface area contributed by atoms with Crippen molar-refractivity contribution in [3.63, 3.8) is 0 Å². The Labute approximate surface area is 105 Å². The zero-order valence-electron chi connectivity index (χ0n) is 10.2. The molecule has 0 saturated heterocycles. The zero-order chi connectivity index (χ0) is 12.4. The smallest absolute Gasteiger partial charge is 0.137 e. The van der Waals surface area contributed by atoms with Crippen LogP contribution in [0.15, 0.2) is 43.0 Å². The molecule has 0 aliphatic heterocycles. The third-order valence-electron chi connectivity index (χ3n) is 2.92. The monoisotopic (exact) mass is 241 g/mol. The van der Waals surface area contributed by atoms with Crippen molar-refractivity contribution in [3.8, 4) is 0 Å². The molecule has 3 aromatic heterocycles. The fourth-order valence-corrected chi connectivity index (χ4v) is 1.94. The Morgan fingerprint density at radius 1 is 1.22 bits per heavy atom. The van der Waals surface area contributed by atoms with E-state index in [0.29, 0.717) is 0 Å². The van der Waals surface area contributed by atoms with E-state index in [1.165, 1.54) is 0 Å². The van der Waals surface area contributed by atoms with E-state index >= 15 is 0 Å². The number of nitrogens with one attached hydrogen (secondary N) is 1. The Morgan fingerprint density at radius 3 is 2.94 bits per heavy atom. The highest BCUT2D eigenvalue weighted by Gasteiger charge is 2.02. The molecule has 0 aliphatic carbocycles. The van der Waals surface area contributed by atoms with Crippen molar-refractivity contribution in [3.05, 3.63) is 54.5 Å². The molecular formula is C13H15N5. The molecule has 0 atom stereocenters. The minimum Gasteiger partial charge on any atom is -0.337 e. The van der Waals surface area contributed by atoms with Crippen LogP contribution in [0.25, 0.3) is 5.65 Å². The molecule has 0 aliphatic rings. The van der Waals surface area contributed by atoms with Crippen molar-refractivity contribution in [1.29, 1.82) is 0 Å². The Hall–Kier alpha value is -2.14. The maximum Gasteiger partial charge on any atom is 0.137 e. The van der Waals surface area contributed by atoms with Gasteiger partial charge in [0.15, 0.2) is 0 Å². The quantitative estimate of drug-likeness (QED) is 0.750. The Kier molecular flexibility index (Phi) is 2.82. The van der Waals surface area contributed by atoms with Crippen LogP contribution in [0, 0.1) is 0 Å². The summed E-state index contributed by atoms with van der Waals surface area (Å²) in [4.78, 5) is 8.79. The lowest BCUT2D eigenvalue weighted by atomic mass is 10.4. The molecular weight excluding hydrogens is 226 g/mol. The van der Waals surface area contributed by atoms with Crippen LogP contribution in [0.5, 0.6) is 0 Å². The Balaban J connectivity index is 1.65. The number of hydrogen-bond donors (Lipinski definition) is 1. The van der Waals surface area contributed by atoms with Gasteiger partial charge in [0.05, 0.1) is 12.2 Å². The Bertz CT molecular complexity index is 619. The van der Waals surface area contributed by atoms with E-state index in [9.17, 15) is 0 Å². The first kappa shape index (κ1) is 11.0. The topological polar surface area (TPSA) is 47.2 Å². The molecule has 3 heterocycles. The van der Waals surface area contributed by atoms with E-state index in [2.05, 4.69) is 15.3 Å². The first-order chi connectivity index (χ1) is 8.83. The van der Waals surface area contributed by atoms with E-state index in [0.717, 1.165) is 30.3 Å². The van der Waals surface area contributed by atoms with Crippen LogP contribution in [-0.4, -0.2) is 18.9 Å². The van der Waals surface area contributed by atoms with Gasteiger partial charge in [-0.3, -0.25) is 0 Å². The molecule has 0 radical (unpaired) electrons. The molecule has 0 spiro atoms. The summed E-state index contributed by atoms with van der Waals surface area (Å²) in [6, 6.07) is 6.00. The van der Waals surface area contributed by atoms with E-state index < -0.39 is 0 Å². The summed E-state index contributed by atoms with van der Waals surface area (Å²) in [5, 5.41) is 3.35. The van der Waals surface area contributed by atoms with Crippen LogP contribution in [-0.2, 0) is 20.1 Å². The summed E-state index contributed by atoms with van der Waals surface area (Å²) in [6.07, 6.45) is 7.80. The Morgan fingerprint density at radius 2 is 2.17 bits per heavy atom. The van der Waals surface area contributed by atoms with E-state index in [1.54, 1.807) is 0 Å². The van der Waals surface area contributed by atoms with Gasteiger partial charge in [-0.2, -0.15) is 0 Å². The van der Waals surface area contributed by atoms with Crippen molar-refractivity contribution in [2.24, 2.45) is 7.05 Å². The molecule has 0 bridgehead atoms. The number of pyridine rings is 1. The van der Waals surface area contributed by atoms with Crippen LogP contribution in [0.2, 0.25) is 0 Å². The fourth-order valence-electron chi connectivity index (χ4n) is 1.94. The fraction of sp³-hybridized carbons (Fsp3) is 0.231. The summed E-state index contributed by atoms with van der Waals surface area (Å²) in [5.41, 5.74) is 2.02. The van der Waals surface area contributed by atoms with Crippen LogP contribution in [0.1, 0.15) is 11.5 Å².